The van der Waals surface area contributed by atoms with Crippen molar-refractivity contribution in [2.45, 2.75) is 19.9 Å². The van der Waals surface area contributed by atoms with E-state index in [1.165, 1.54) is 0 Å². The number of piperazine rings is 1. The van der Waals surface area contributed by atoms with Gasteiger partial charge in [-0.2, -0.15) is 0 Å². The molecule has 1 aliphatic rings. The van der Waals surface area contributed by atoms with Crippen LogP contribution in [0, 0.1) is 0 Å². The van der Waals surface area contributed by atoms with Crippen molar-refractivity contribution in [2.75, 3.05) is 32.8 Å². The normalized spacial score (nSPS) is 17.0. The van der Waals surface area contributed by atoms with Gasteiger partial charge in [0, 0.05) is 37.6 Å². The molecule has 1 aromatic heterocycles. The lowest BCUT2D eigenvalue weighted by Crippen LogP contribution is -2.48. The predicted octanol–water partition coefficient (Wildman–Crippen LogP) is 2.67. The molecular formula is C20H25N3O3. The van der Waals surface area contributed by atoms with Crippen LogP contribution < -0.4 is 14.8 Å². The molecular weight excluding hydrogens is 330 g/mol. The number of hydrogen-bond acceptors (Lipinski definition) is 5. The van der Waals surface area contributed by atoms with E-state index in [9.17, 15) is 4.79 Å². The largest absolute Gasteiger partial charge is 0.490 e. The minimum atomic E-state index is -0.0351. The van der Waals surface area contributed by atoms with Crippen molar-refractivity contribution in [1.29, 1.82) is 0 Å². The Hall–Kier alpha value is -2.60. The van der Waals surface area contributed by atoms with Crippen molar-refractivity contribution in [1.82, 2.24) is 15.2 Å². The quantitative estimate of drug-likeness (QED) is 0.863. The Morgan fingerprint density at radius 2 is 2.04 bits per heavy atom. The summed E-state index contributed by atoms with van der Waals surface area (Å²) in [7, 11) is 0. The molecule has 0 saturated carbocycles. The molecule has 1 unspecified atom stereocenters. The fourth-order valence-corrected chi connectivity index (χ4v) is 3.17. The average Bonchev–Trinajstić information content (AvgIpc) is 2.70. The van der Waals surface area contributed by atoms with Crippen LogP contribution in [-0.2, 0) is 0 Å². The summed E-state index contributed by atoms with van der Waals surface area (Å²) in [5.74, 6) is 1.26. The molecule has 6 nitrogen and oxygen atoms in total. The third kappa shape index (κ3) is 3.96. The van der Waals surface area contributed by atoms with E-state index in [-0.39, 0.29) is 11.9 Å². The monoisotopic (exact) mass is 355 g/mol. The second-order valence-corrected chi connectivity index (χ2v) is 6.03. The lowest BCUT2D eigenvalue weighted by Gasteiger charge is -2.36. The number of ether oxygens (including phenoxy) is 2. The molecule has 1 aliphatic heterocycles. The summed E-state index contributed by atoms with van der Waals surface area (Å²) in [6.45, 7) is 7.05. The number of rotatable bonds is 6. The van der Waals surface area contributed by atoms with Crippen molar-refractivity contribution in [3.8, 4) is 11.5 Å². The van der Waals surface area contributed by atoms with Gasteiger partial charge in [0.1, 0.15) is 0 Å². The molecule has 1 N–H and O–H groups in total. The van der Waals surface area contributed by atoms with Gasteiger partial charge in [0.15, 0.2) is 11.5 Å². The molecule has 1 aromatic carbocycles. The maximum atomic E-state index is 13.2. The van der Waals surface area contributed by atoms with E-state index in [1.54, 1.807) is 18.3 Å². The van der Waals surface area contributed by atoms with E-state index < -0.39 is 0 Å². The van der Waals surface area contributed by atoms with Crippen LogP contribution in [0.2, 0.25) is 0 Å². The molecule has 6 heteroatoms. The van der Waals surface area contributed by atoms with Crippen molar-refractivity contribution in [3.05, 3.63) is 53.9 Å². The van der Waals surface area contributed by atoms with Crippen molar-refractivity contribution < 1.29 is 14.3 Å². The summed E-state index contributed by atoms with van der Waals surface area (Å²) in [6.07, 6.45) is 3.56. The molecule has 26 heavy (non-hydrogen) atoms. The topological polar surface area (TPSA) is 63.7 Å². The van der Waals surface area contributed by atoms with Crippen LogP contribution in [0.5, 0.6) is 11.5 Å². The van der Waals surface area contributed by atoms with E-state index >= 15 is 0 Å². The molecule has 3 rings (SSSR count). The summed E-state index contributed by atoms with van der Waals surface area (Å²) in [5.41, 5.74) is 1.64. The minimum Gasteiger partial charge on any atom is -0.490 e. The first-order valence-electron chi connectivity index (χ1n) is 9.05. The third-order valence-corrected chi connectivity index (χ3v) is 4.36. The van der Waals surface area contributed by atoms with E-state index in [0.29, 0.717) is 43.4 Å². The SMILES string of the molecule is CCOc1ccc(C(=O)N2CCNCC2c2cccnc2)cc1OCC. The first kappa shape index (κ1) is 18.2. The Bertz CT molecular complexity index is 736. The zero-order valence-corrected chi connectivity index (χ0v) is 15.3. The highest BCUT2D eigenvalue weighted by Gasteiger charge is 2.29. The molecule has 0 bridgehead atoms. The second-order valence-electron chi connectivity index (χ2n) is 6.03. The first-order valence-corrected chi connectivity index (χ1v) is 9.05. The minimum absolute atomic E-state index is 0.00986. The van der Waals surface area contributed by atoms with Gasteiger partial charge in [-0.15, -0.1) is 0 Å². The van der Waals surface area contributed by atoms with Gasteiger partial charge in [0.2, 0.25) is 0 Å². The number of hydrogen-bond donors (Lipinski definition) is 1. The highest BCUT2D eigenvalue weighted by atomic mass is 16.5. The zero-order valence-electron chi connectivity index (χ0n) is 15.3. The van der Waals surface area contributed by atoms with Gasteiger partial charge in [0.25, 0.3) is 5.91 Å². The van der Waals surface area contributed by atoms with Crippen LogP contribution in [-0.4, -0.2) is 48.6 Å². The summed E-state index contributed by atoms with van der Waals surface area (Å²) in [4.78, 5) is 19.3. The number of pyridine rings is 1. The Balaban J connectivity index is 1.88. The Kier molecular flexibility index (Phi) is 6.07. The van der Waals surface area contributed by atoms with E-state index in [4.69, 9.17) is 9.47 Å². The summed E-state index contributed by atoms with van der Waals surface area (Å²) >= 11 is 0. The van der Waals surface area contributed by atoms with E-state index in [2.05, 4.69) is 10.3 Å². The van der Waals surface area contributed by atoms with Gasteiger partial charge in [-0.25, -0.2) is 0 Å². The molecule has 0 radical (unpaired) electrons. The van der Waals surface area contributed by atoms with Crippen LogP contribution in [0.1, 0.15) is 35.8 Å². The van der Waals surface area contributed by atoms with Crippen LogP contribution >= 0.6 is 0 Å². The Morgan fingerprint density at radius 1 is 1.23 bits per heavy atom. The van der Waals surface area contributed by atoms with Gasteiger partial charge < -0.3 is 19.7 Å². The molecule has 2 heterocycles. The molecule has 2 aromatic rings. The molecule has 1 saturated heterocycles. The van der Waals surface area contributed by atoms with Crippen molar-refractivity contribution in [2.24, 2.45) is 0 Å². The Morgan fingerprint density at radius 3 is 2.77 bits per heavy atom. The third-order valence-electron chi connectivity index (χ3n) is 4.36. The molecule has 0 aliphatic carbocycles. The van der Waals surface area contributed by atoms with Gasteiger partial charge in [-0.1, -0.05) is 6.07 Å². The highest BCUT2D eigenvalue weighted by Crippen LogP contribution is 2.30. The fourth-order valence-electron chi connectivity index (χ4n) is 3.17. The molecule has 1 fully saturated rings. The number of aromatic nitrogens is 1. The lowest BCUT2D eigenvalue weighted by molar-refractivity contribution is 0.0633. The van der Waals surface area contributed by atoms with Crippen LogP contribution in [0.4, 0.5) is 0 Å². The number of carbonyl (C=O) groups is 1. The predicted molar refractivity (Wildman–Crippen MR) is 99.7 cm³/mol. The smallest absolute Gasteiger partial charge is 0.254 e. The summed E-state index contributed by atoms with van der Waals surface area (Å²) in [6, 6.07) is 9.26. The summed E-state index contributed by atoms with van der Waals surface area (Å²) in [5, 5.41) is 3.36. The van der Waals surface area contributed by atoms with Crippen molar-refractivity contribution in [3.63, 3.8) is 0 Å². The van der Waals surface area contributed by atoms with Crippen molar-refractivity contribution >= 4 is 5.91 Å². The van der Waals surface area contributed by atoms with Gasteiger partial charge in [-0.3, -0.25) is 9.78 Å². The molecule has 1 amide bonds. The fraction of sp³-hybridized carbons (Fsp3) is 0.400. The van der Waals surface area contributed by atoms with E-state index in [1.807, 2.05) is 43.1 Å². The maximum absolute atomic E-state index is 13.2. The van der Waals surface area contributed by atoms with Crippen LogP contribution in [0.3, 0.4) is 0 Å². The number of nitrogens with zero attached hydrogens (tertiary/aromatic N) is 2. The summed E-state index contributed by atoms with van der Waals surface area (Å²) < 4.78 is 11.3. The van der Waals surface area contributed by atoms with Crippen LogP contribution in [0.25, 0.3) is 0 Å². The average molecular weight is 355 g/mol. The number of nitrogens with one attached hydrogen (secondary N) is 1. The molecule has 1 atom stereocenters. The van der Waals surface area contributed by atoms with E-state index in [0.717, 1.165) is 12.1 Å². The Labute approximate surface area is 154 Å². The number of benzene rings is 1. The maximum Gasteiger partial charge on any atom is 0.254 e. The van der Waals surface area contributed by atoms with Gasteiger partial charge in [0.05, 0.1) is 19.3 Å². The molecule has 138 valence electrons. The van der Waals surface area contributed by atoms with Gasteiger partial charge >= 0.3 is 0 Å². The zero-order chi connectivity index (χ0) is 18.4. The first-order chi connectivity index (χ1) is 12.7. The molecule has 0 spiro atoms. The number of amides is 1. The second kappa shape index (κ2) is 8.67. The highest BCUT2D eigenvalue weighted by molar-refractivity contribution is 5.95. The van der Waals surface area contributed by atoms with Gasteiger partial charge in [-0.05, 0) is 43.7 Å². The van der Waals surface area contributed by atoms with Crippen LogP contribution in [0.15, 0.2) is 42.7 Å². The lowest BCUT2D eigenvalue weighted by atomic mass is 10.0. The standard InChI is InChI=1S/C20H25N3O3/c1-3-25-18-8-7-15(12-19(18)26-4-2)20(24)23-11-10-22-14-17(23)16-6-5-9-21-13-16/h5-9,12-13,17,22H,3-4,10-11,14H2,1-2H3. The number of carbonyl (C=O) groups excluding carboxylic acids is 1.